The molecule has 1 aromatic carbocycles. The molecule has 4 N–H and O–H groups in total. The van der Waals surface area contributed by atoms with Gasteiger partial charge in [-0.15, -0.1) is 0 Å². The number of aromatic amines is 1. The Bertz CT molecular complexity index is 1050. The van der Waals surface area contributed by atoms with Gasteiger partial charge in [-0.05, 0) is 32.9 Å². The number of halogens is 1. The number of H-pyrrole nitrogens is 1. The molecule has 0 aliphatic rings. The highest BCUT2D eigenvalue weighted by Crippen LogP contribution is 2.39. The number of aromatic nitrogens is 1. The smallest absolute Gasteiger partial charge is 0.412 e. The van der Waals surface area contributed by atoms with Gasteiger partial charge in [0.25, 0.3) is 5.56 Å². The quantitative estimate of drug-likeness (QED) is 0.722. The van der Waals surface area contributed by atoms with E-state index in [4.69, 9.17) is 22.1 Å². The van der Waals surface area contributed by atoms with E-state index in [0.717, 1.165) is 0 Å². The number of nitrogen functional groups attached to an aromatic ring is 1. The van der Waals surface area contributed by atoms with Crippen molar-refractivity contribution in [1.29, 1.82) is 10.5 Å². The van der Waals surface area contributed by atoms with Crippen molar-refractivity contribution in [2.75, 3.05) is 11.1 Å². The molecule has 0 unspecified atom stereocenters. The van der Waals surface area contributed by atoms with Crippen LogP contribution in [0.3, 0.4) is 0 Å². The molecular formula is C18H16ClN5O3. The summed E-state index contributed by atoms with van der Waals surface area (Å²) in [6.07, 6.45) is -0.763. The molecule has 1 amide bonds. The minimum atomic E-state index is -0.771. The number of nitrogens with two attached hydrogens (primary N) is 1. The molecule has 138 valence electrons. The molecule has 1 heterocycles. The van der Waals surface area contributed by atoms with Crippen molar-refractivity contribution in [1.82, 2.24) is 4.98 Å². The number of hydrogen-bond donors (Lipinski definition) is 3. The van der Waals surface area contributed by atoms with Gasteiger partial charge in [-0.2, -0.15) is 10.5 Å². The van der Waals surface area contributed by atoms with Crippen LogP contribution in [0.2, 0.25) is 5.02 Å². The van der Waals surface area contributed by atoms with Crippen LogP contribution in [-0.2, 0) is 4.74 Å². The Kier molecular flexibility index (Phi) is 5.44. The summed E-state index contributed by atoms with van der Waals surface area (Å²) in [7, 11) is 0. The Morgan fingerprint density at radius 1 is 1.22 bits per heavy atom. The fraction of sp³-hybridized carbons (Fsp3) is 0.222. The predicted octanol–water partition coefficient (Wildman–Crippen LogP) is 3.37. The molecule has 0 saturated carbocycles. The van der Waals surface area contributed by atoms with Crippen molar-refractivity contribution in [2.45, 2.75) is 26.4 Å². The number of nitriles is 2. The maximum atomic E-state index is 12.2. The van der Waals surface area contributed by atoms with E-state index in [0.29, 0.717) is 0 Å². The summed E-state index contributed by atoms with van der Waals surface area (Å²) in [4.78, 5) is 26.6. The first-order valence-electron chi connectivity index (χ1n) is 7.74. The van der Waals surface area contributed by atoms with Crippen LogP contribution >= 0.6 is 11.6 Å². The maximum absolute atomic E-state index is 12.2. The number of nitrogens with one attached hydrogen (secondary N) is 2. The van der Waals surface area contributed by atoms with Crippen LogP contribution < -0.4 is 16.6 Å². The van der Waals surface area contributed by atoms with E-state index in [1.807, 2.05) is 6.07 Å². The van der Waals surface area contributed by atoms with Gasteiger partial charge in [0.1, 0.15) is 34.7 Å². The molecule has 9 heteroatoms. The third kappa shape index (κ3) is 4.20. The van der Waals surface area contributed by atoms with E-state index < -0.39 is 17.3 Å². The molecule has 0 aliphatic heterocycles. The molecule has 1 aromatic heterocycles. The Labute approximate surface area is 160 Å². The zero-order valence-electron chi connectivity index (χ0n) is 14.8. The van der Waals surface area contributed by atoms with Gasteiger partial charge in [0.05, 0.1) is 10.7 Å². The summed E-state index contributed by atoms with van der Waals surface area (Å²) in [5, 5.41) is 21.5. The summed E-state index contributed by atoms with van der Waals surface area (Å²) in [6.45, 7) is 5.10. The number of carbonyl (C=O) groups is 1. The van der Waals surface area contributed by atoms with Crippen LogP contribution in [0.4, 0.5) is 16.3 Å². The normalized spacial score (nSPS) is 10.6. The Morgan fingerprint density at radius 3 is 2.41 bits per heavy atom. The molecule has 0 spiro atoms. The lowest BCUT2D eigenvalue weighted by Crippen LogP contribution is -2.27. The number of amides is 1. The molecular weight excluding hydrogens is 370 g/mol. The Morgan fingerprint density at radius 2 is 1.85 bits per heavy atom. The topological polar surface area (TPSA) is 145 Å². The summed E-state index contributed by atoms with van der Waals surface area (Å²) in [6, 6.07) is 8.18. The highest BCUT2D eigenvalue weighted by molar-refractivity contribution is 6.34. The highest BCUT2D eigenvalue weighted by atomic mass is 35.5. The van der Waals surface area contributed by atoms with Crippen molar-refractivity contribution in [2.24, 2.45) is 0 Å². The SMILES string of the molecule is CC(C)(C)OC(=O)Nc1cccc(Cl)c1-c1c(C#N)c(N)[nH]c(=O)c1C#N. The maximum Gasteiger partial charge on any atom is 0.412 e. The van der Waals surface area contributed by atoms with Gasteiger partial charge in [-0.3, -0.25) is 10.1 Å². The van der Waals surface area contributed by atoms with Crippen molar-refractivity contribution in [3.05, 3.63) is 44.7 Å². The lowest BCUT2D eigenvalue weighted by molar-refractivity contribution is 0.0636. The van der Waals surface area contributed by atoms with Crippen LogP contribution in [-0.4, -0.2) is 16.7 Å². The van der Waals surface area contributed by atoms with E-state index in [9.17, 15) is 20.1 Å². The molecule has 0 bridgehead atoms. The second-order valence-corrected chi connectivity index (χ2v) is 6.91. The zero-order chi connectivity index (χ0) is 20.4. The number of carbonyl (C=O) groups excluding carboxylic acids is 1. The fourth-order valence-electron chi connectivity index (χ4n) is 2.39. The van der Waals surface area contributed by atoms with E-state index >= 15 is 0 Å². The van der Waals surface area contributed by atoms with Gasteiger partial charge in [0.15, 0.2) is 0 Å². The van der Waals surface area contributed by atoms with E-state index in [1.54, 1.807) is 32.9 Å². The average Bonchev–Trinajstić information content (AvgIpc) is 2.53. The molecule has 2 aromatic rings. The number of hydrogen-bond acceptors (Lipinski definition) is 6. The first-order valence-corrected chi connectivity index (χ1v) is 8.11. The van der Waals surface area contributed by atoms with Crippen molar-refractivity contribution >= 4 is 29.2 Å². The summed E-state index contributed by atoms with van der Waals surface area (Å²) >= 11 is 6.28. The standard InChI is InChI=1S/C18H16ClN5O3/c1-18(2,3)27-17(26)23-12-6-4-5-11(19)14(12)13-9(7-20)15(22)24-16(25)10(13)8-21/h4-6H,1-3H3,(H,23,26)(H3,22,24,25). The largest absolute Gasteiger partial charge is 0.444 e. The summed E-state index contributed by atoms with van der Waals surface area (Å²) in [5.74, 6) is -0.209. The Hall–Kier alpha value is -3.49. The first-order chi connectivity index (χ1) is 12.6. The van der Waals surface area contributed by atoms with E-state index in [2.05, 4.69) is 10.3 Å². The minimum Gasteiger partial charge on any atom is -0.444 e. The van der Waals surface area contributed by atoms with Crippen LogP contribution in [0.25, 0.3) is 11.1 Å². The van der Waals surface area contributed by atoms with Gasteiger partial charge in [0.2, 0.25) is 0 Å². The summed E-state index contributed by atoms with van der Waals surface area (Å²) in [5.41, 5.74) is 3.97. The summed E-state index contributed by atoms with van der Waals surface area (Å²) < 4.78 is 5.22. The van der Waals surface area contributed by atoms with E-state index in [1.165, 1.54) is 12.1 Å². The van der Waals surface area contributed by atoms with Crippen LogP contribution in [0.15, 0.2) is 23.0 Å². The second-order valence-electron chi connectivity index (χ2n) is 6.51. The number of benzene rings is 1. The first kappa shape index (κ1) is 19.8. The van der Waals surface area contributed by atoms with Crippen molar-refractivity contribution < 1.29 is 9.53 Å². The minimum absolute atomic E-state index is 0.0575. The molecule has 0 radical (unpaired) electrons. The predicted molar refractivity (Wildman–Crippen MR) is 101 cm³/mol. The molecule has 2 rings (SSSR count). The van der Waals surface area contributed by atoms with Gasteiger partial charge < -0.3 is 15.5 Å². The fourth-order valence-corrected chi connectivity index (χ4v) is 2.66. The lowest BCUT2D eigenvalue weighted by atomic mass is 9.95. The monoisotopic (exact) mass is 385 g/mol. The second kappa shape index (κ2) is 7.40. The molecule has 27 heavy (non-hydrogen) atoms. The Balaban J connectivity index is 2.76. The van der Waals surface area contributed by atoms with Crippen LogP contribution in [0, 0.1) is 22.7 Å². The molecule has 8 nitrogen and oxygen atoms in total. The average molecular weight is 386 g/mol. The number of pyridine rings is 1. The van der Waals surface area contributed by atoms with E-state index in [-0.39, 0.29) is 38.8 Å². The third-order valence-electron chi connectivity index (χ3n) is 3.37. The zero-order valence-corrected chi connectivity index (χ0v) is 15.6. The molecule has 0 saturated heterocycles. The number of ether oxygens (including phenoxy) is 1. The van der Waals surface area contributed by atoms with Gasteiger partial charge in [-0.25, -0.2) is 4.79 Å². The molecule has 0 fully saturated rings. The van der Waals surface area contributed by atoms with Crippen LogP contribution in [0.5, 0.6) is 0 Å². The molecule has 0 aliphatic carbocycles. The van der Waals surface area contributed by atoms with Crippen LogP contribution in [0.1, 0.15) is 31.9 Å². The number of nitrogens with zero attached hydrogens (tertiary/aromatic N) is 2. The lowest BCUT2D eigenvalue weighted by Gasteiger charge is -2.21. The third-order valence-corrected chi connectivity index (χ3v) is 3.68. The molecule has 0 atom stereocenters. The number of rotatable bonds is 2. The number of anilines is 2. The highest BCUT2D eigenvalue weighted by Gasteiger charge is 2.24. The van der Waals surface area contributed by atoms with Gasteiger partial charge in [-0.1, -0.05) is 17.7 Å². The van der Waals surface area contributed by atoms with Crippen molar-refractivity contribution in [3.63, 3.8) is 0 Å². The van der Waals surface area contributed by atoms with Gasteiger partial charge in [0, 0.05) is 11.1 Å². The van der Waals surface area contributed by atoms with Crippen molar-refractivity contribution in [3.8, 4) is 23.3 Å². The van der Waals surface area contributed by atoms with Gasteiger partial charge >= 0.3 is 6.09 Å².